The van der Waals surface area contributed by atoms with E-state index >= 15 is 0 Å². The summed E-state index contributed by atoms with van der Waals surface area (Å²) < 4.78 is 0. The molecule has 2 atom stereocenters. The molecule has 17 heavy (non-hydrogen) atoms. The van der Waals surface area contributed by atoms with Crippen molar-refractivity contribution in [3.63, 3.8) is 0 Å². The first-order valence-corrected chi connectivity index (χ1v) is 6.69. The monoisotopic (exact) mass is 241 g/mol. The minimum Gasteiger partial charge on any atom is -0.368 e. The molecule has 0 aromatic carbocycles. The number of carbonyl (C=O) groups is 1. The van der Waals surface area contributed by atoms with E-state index in [1.54, 1.807) is 7.05 Å². The van der Waals surface area contributed by atoms with E-state index in [0.29, 0.717) is 0 Å². The van der Waals surface area contributed by atoms with Crippen LogP contribution in [0.4, 0.5) is 0 Å². The van der Waals surface area contributed by atoms with Gasteiger partial charge in [-0.05, 0) is 58.7 Å². The summed E-state index contributed by atoms with van der Waals surface area (Å²) in [5.41, 5.74) is 4.85. The maximum atomic E-state index is 11.3. The second-order valence-electron chi connectivity index (χ2n) is 5.60. The molecule has 1 aliphatic rings. The first-order chi connectivity index (χ1) is 7.98. The van der Waals surface area contributed by atoms with Crippen molar-refractivity contribution in [3.05, 3.63) is 0 Å². The molecule has 3 N–H and O–H groups in total. The van der Waals surface area contributed by atoms with Crippen LogP contribution in [0.5, 0.6) is 0 Å². The number of likely N-dealkylation sites (N-methyl/N-ethyl adjacent to an activating group) is 1. The number of nitrogens with one attached hydrogen (secondary N) is 1. The number of piperidine rings is 1. The third kappa shape index (κ3) is 4.28. The third-order valence-corrected chi connectivity index (χ3v) is 3.99. The average molecular weight is 241 g/mol. The van der Waals surface area contributed by atoms with Crippen LogP contribution in [0, 0.1) is 5.92 Å². The Morgan fingerprint density at radius 1 is 1.59 bits per heavy atom. The van der Waals surface area contributed by atoms with Crippen LogP contribution in [-0.4, -0.2) is 43.0 Å². The number of amides is 1. The van der Waals surface area contributed by atoms with Gasteiger partial charge in [0.2, 0.25) is 5.91 Å². The molecule has 0 aliphatic carbocycles. The molecule has 4 nitrogen and oxygen atoms in total. The lowest BCUT2D eigenvalue weighted by Crippen LogP contribution is -2.51. The predicted octanol–water partition coefficient (Wildman–Crippen LogP) is 0.962. The Morgan fingerprint density at radius 2 is 2.29 bits per heavy atom. The molecule has 100 valence electrons. The first kappa shape index (κ1) is 14.5. The molecular weight excluding hydrogens is 214 g/mol. The second-order valence-corrected chi connectivity index (χ2v) is 5.60. The summed E-state index contributed by atoms with van der Waals surface area (Å²) in [7, 11) is 1.80. The van der Waals surface area contributed by atoms with Crippen LogP contribution in [0.15, 0.2) is 0 Å². The summed E-state index contributed by atoms with van der Waals surface area (Å²) in [6.45, 7) is 7.68. The predicted molar refractivity (Wildman–Crippen MR) is 70.7 cm³/mol. The van der Waals surface area contributed by atoms with Crippen LogP contribution in [0.1, 0.15) is 39.5 Å². The summed E-state index contributed by atoms with van der Waals surface area (Å²) in [6.07, 6.45) is 4.49. The molecule has 0 spiro atoms. The highest BCUT2D eigenvalue weighted by molar-refractivity contribution is 5.84. The molecule has 1 rings (SSSR count). The van der Waals surface area contributed by atoms with Crippen molar-refractivity contribution in [1.29, 1.82) is 0 Å². The number of primary amides is 1. The second kappa shape index (κ2) is 6.36. The number of hydrogen-bond acceptors (Lipinski definition) is 3. The Labute approximate surface area is 105 Å². The van der Waals surface area contributed by atoms with Gasteiger partial charge in [-0.15, -0.1) is 0 Å². The van der Waals surface area contributed by atoms with Crippen LogP contribution in [0.3, 0.4) is 0 Å². The molecule has 0 radical (unpaired) electrons. The van der Waals surface area contributed by atoms with E-state index in [9.17, 15) is 4.79 Å². The van der Waals surface area contributed by atoms with E-state index < -0.39 is 5.54 Å². The van der Waals surface area contributed by atoms with Crippen molar-refractivity contribution < 1.29 is 4.79 Å². The molecule has 1 amide bonds. The molecule has 0 aromatic heterocycles. The topological polar surface area (TPSA) is 58.4 Å². The van der Waals surface area contributed by atoms with Crippen LogP contribution >= 0.6 is 0 Å². The van der Waals surface area contributed by atoms with Crippen molar-refractivity contribution in [2.24, 2.45) is 11.7 Å². The normalized spacial score (nSPS) is 25.5. The summed E-state index contributed by atoms with van der Waals surface area (Å²) in [6, 6.07) is 0. The highest BCUT2D eigenvalue weighted by Crippen LogP contribution is 2.17. The summed E-state index contributed by atoms with van der Waals surface area (Å²) in [4.78, 5) is 13.8. The quantitative estimate of drug-likeness (QED) is 0.728. The van der Waals surface area contributed by atoms with Crippen LogP contribution in [0.2, 0.25) is 0 Å². The highest BCUT2D eigenvalue weighted by Gasteiger charge is 2.28. The number of hydrogen-bond donors (Lipinski definition) is 2. The average Bonchev–Trinajstić information content (AvgIpc) is 2.28. The molecule has 0 aromatic rings. The van der Waals surface area contributed by atoms with Crippen molar-refractivity contribution in [3.8, 4) is 0 Å². The van der Waals surface area contributed by atoms with Gasteiger partial charge in [0, 0.05) is 6.54 Å². The fourth-order valence-electron chi connectivity index (χ4n) is 2.52. The van der Waals surface area contributed by atoms with Crippen LogP contribution in [-0.2, 0) is 4.79 Å². The van der Waals surface area contributed by atoms with E-state index in [1.807, 2.05) is 6.92 Å². The Bertz CT molecular complexity index is 257. The van der Waals surface area contributed by atoms with Gasteiger partial charge in [-0.25, -0.2) is 0 Å². The minimum absolute atomic E-state index is 0.257. The maximum absolute atomic E-state index is 11.3. The van der Waals surface area contributed by atoms with E-state index in [4.69, 9.17) is 5.73 Å². The third-order valence-electron chi connectivity index (χ3n) is 3.99. The Morgan fingerprint density at radius 3 is 2.82 bits per heavy atom. The van der Waals surface area contributed by atoms with Crippen LogP contribution < -0.4 is 11.1 Å². The lowest BCUT2D eigenvalue weighted by atomic mass is 9.94. The van der Waals surface area contributed by atoms with Gasteiger partial charge in [-0.3, -0.25) is 4.79 Å². The number of likely N-dealkylation sites (tertiary alicyclic amines) is 1. The zero-order chi connectivity index (χ0) is 12.9. The Kier molecular flexibility index (Phi) is 5.40. The zero-order valence-electron chi connectivity index (χ0n) is 11.5. The number of rotatable bonds is 6. The molecular formula is C13H27N3O. The van der Waals surface area contributed by atoms with E-state index in [0.717, 1.165) is 25.3 Å². The van der Waals surface area contributed by atoms with Gasteiger partial charge in [0.15, 0.2) is 0 Å². The Hall–Kier alpha value is -0.610. The summed E-state index contributed by atoms with van der Waals surface area (Å²) in [5, 5.41) is 3.03. The van der Waals surface area contributed by atoms with Gasteiger partial charge < -0.3 is 16.0 Å². The molecule has 1 saturated heterocycles. The lowest BCUT2D eigenvalue weighted by Gasteiger charge is -2.32. The van der Waals surface area contributed by atoms with Crippen LogP contribution in [0.25, 0.3) is 0 Å². The molecule has 0 bridgehead atoms. The number of nitrogens with two attached hydrogens (primary N) is 1. The van der Waals surface area contributed by atoms with Gasteiger partial charge in [-0.2, -0.15) is 0 Å². The van der Waals surface area contributed by atoms with E-state index in [1.165, 1.54) is 25.9 Å². The highest BCUT2D eigenvalue weighted by atomic mass is 16.1. The number of nitrogens with zero attached hydrogens (tertiary/aromatic N) is 1. The first-order valence-electron chi connectivity index (χ1n) is 6.69. The van der Waals surface area contributed by atoms with E-state index in [-0.39, 0.29) is 5.91 Å². The summed E-state index contributed by atoms with van der Waals surface area (Å²) in [5.74, 6) is 0.558. The maximum Gasteiger partial charge on any atom is 0.237 e. The lowest BCUT2D eigenvalue weighted by molar-refractivity contribution is -0.123. The largest absolute Gasteiger partial charge is 0.368 e. The molecule has 4 heteroatoms. The van der Waals surface area contributed by atoms with Gasteiger partial charge in [-0.1, -0.05) is 6.92 Å². The standard InChI is InChI=1S/C13H27N3O/c1-11-6-4-8-16(10-11)9-5-7-13(2,15-3)12(14)17/h11,15H,4-10H2,1-3H3,(H2,14,17). The van der Waals surface area contributed by atoms with Gasteiger partial charge in [0.05, 0.1) is 5.54 Å². The summed E-state index contributed by atoms with van der Waals surface area (Å²) >= 11 is 0. The zero-order valence-corrected chi connectivity index (χ0v) is 11.5. The van der Waals surface area contributed by atoms with Crippen molar-refractivity contribution in [2.45, 2.75) is 45.1 Å². The van der Waals surface area contributed by atoms with Crippen molar-refractivity contribution in [2.75, 3.05) is 26.7 Å². The van der Waals surface area contributed by atoms with Crippen molar-refractivity contribution in [1.82, 2.24) is 10.2 Å². The molecule has 2 unspecified atom stereocenters. The smallest absolute Gasteiger partial charge is 0.237 e. The SMILES string of the molecule is CNC(C)(CCCN1CCCC(C)C1)C(N)=O. The Balaban J connectivity index is 2.29. The molecule has 1 heterocycles. The van der Waals surface area contributed by atoms with Crippen molar-refractivity contribution >= 4 is 5.91 Å². The molecule has 0 saturated carbocycles. The van der Waals surface area contributed by atoms with Gasteiger partial charge >= 0.3 is 0 Å². The number of carbonyl (C=O) groups excluding carboxylic acids is 1. The van der Waals surface area contributed by atoms with Gasteiger partial charge in [0.25, 0.3) is 0 Å². The molecule has 1 fully saturated rings. The fourth-order valence-corrected chi connectivity index (χ4v) is 2.52. The minimum atomic E-state index is -0.554. The van der Waals surface area contributed by atoms with E-state index in [2.05, 4.69) is 17.1 Å². The van der Waals surface area contributed by atoms with Gasteiger partial charge in [0.1, 0.15) is 0 Å². The fraction of sp³-hybridized carbons (Fsp3) is 0.923. The molecule has 1 aliphatic heterocycles.